The fourth-order valence-electron chi connectivity index (χ4n) is 1.89. The summed E-state index contributed by atoms with van der Waals surface area (Å²) in [6.07, 6.45) is 0. The monoisotopic (exact) mass is 487 g/mol. The molecule has 0 atom stereocenters. The van der Waals surface area contributed by atoms with Crippen LogP contribution in [0.1, 0.15) is 11.1 Å². The molecule has 27 heavy (non-hydrogen) atoms. The highest BCUT2D eigenvalue weighted by Gasteiger charge is 2.49. The van der Waals surface area contributed by atoms with Crippen LogP contribution < -0.4 is 8.91 Å². The summed E-state index contributed by atoms with van der Waals surface area (Å²) in [6.45, 7) is 3.21. The fourth-order valence-corrected chi connectivity index (χ4v) is 3.76. The summed E-state index contributed by atoms with van der Waals surface area (Å²) in [5.41, 5.74) is -5.00. The maximum atomic E-state index is 12.6. The Labute approximate surface area is 162 Å². The van der Waals surface area contributed by atoms with Crippen molar-refractivity contribution in [1.29, 1.82) is 0 Å². The molecule has 6 nitrogen and oxygen atoms in total. The normalized spacial score (nSPS) is 12.7. The van der Waals surface area contributed by atoms with E-state index in [1.165, 1.54) is 31.2 Å². The van der Waals surface area contributed by atoms with E-state index in [1.54, 1.807) is 6.92 Å². The second kappa shape index (κ2) is 7.32. The Balaban J connectivity index is 2.50. The molecule has 0 saturated carbocycles. The van der Waals surface area contributed by atoms with Crippen LogP contribution >= 0.6 is 15.9 Å². The molecule has 12 heteroatoms. The summed E-state index contributed by atoms with van der Waals surface area (Å²) in [5.74, 6) is -0.802. The number of nitrogens with one attached hydrogen (secondary N) is 1. The predicted octanol–water partition coefficient (Wildman–Crippen LogP) is 4.10. The average Bonchev–Trinajstić information content (AvgIpc) is 2.51. The smallest absolute Gasteiger partial charge is 0.374 e. The van der Waals surface area contributed by atoms with Crippen LogP contribution in [0.3, 0.4) is 0 Å². The summed E-state index contributed by atoms with van der Waals surface area (Å²) < 4.78 is 91.9. The number of rotatable bonds is 5. The average molecular weight is 488 g/mol. The van der Waals surface area contributed by atoms with E-state index in [1.807, 2.05) is 0 Å². The van der Waals surface area contributed by atoms with Crippen LogP contribution in [-0.4, -0.2) is 22.3 Å². The molecule has 148 valence electrons. The maximum absolute atomic E-state index is 12.6. The Kier molecular flexibility index (Phi) is 5.83. The first-order chi connectivity index (χ1) is 12.2. The molecule has 0 amide bonds. The van der Waals surface area contributed by atoms with Crippen molar-refractivity contribution < 1.29 is 34.2 Å². The van der Waals surface area contributed by atoms with Gasteiger partial charge in [0, 0.05) is 4.47 Å². The van der Waals surface area contributed by atoms with Gasteiger partial charge in [-0.2, -0.15) is 21.6 Å². The zero-order valence-electron chi connectivity index (χ0n) is 13.8. The first-order valence-corrected chi connectivity index (χ1v) is 10.8. The topological polar surface area (TPSA) is 89.5 Å². The molecule has 0 aliphatic heterocycles. The minimum Gasteiger partial charge on any atom is -0.374 e. The van der Waals surface area contributed by atoms with Crippen molar-refractivity contribution >= 4 is 41.8 Å². The number of hydrogen-bond acceptors (Lipinski definition) is 5. The molecule has 0 radical (unpaired) electrons. The van der Waals surface area contributed by atoms with Gasteiger partial charge in [-0.05, 0) is 43.7 Å². The quantitative estimate of drug-likeness (QED) is 0.506. The van der Waals surface area contributed by atoms with Crippen molar-refractivity contribution in [2.45, 2.75) is 24.3 Å². The number of halogens is 4. The molecule has 0 saturated heterocycles. The van der Waals surface area contributed by atoms with Gasteiger partial charge in [0.25, 0.3) is 10.0 Å². The van der Waals surface area contributed by atoms with Gasteiger partial charge in [0.1, 0.15) is 0 Å². The molecule has 0 spiro atoms. The van der Waals surface area contributed by atoms with Gasteiger partial charge in [-0.15, -0.1) is 0 Å². The van der Waals surface area contributed by atoms with Crippen molar-refractivity contribution in [2.24, 2.45) is 0 Å². The van der Waals surface area contributed by atoms with E-state index in [2.05, 4.69) is 24.8 Å². The van der Waals surface area contributed by atoms with Gasteiger partial charge in [-0.1, -0.05) is 33.6 Å². The lowest BCUT2D eigenvalue weighted by atomic mass is 10.2. The predicted molar refractivity (Wildman–Crippen MR) is 96.5 cm³/mol. The van der Waals surface area contributed by atoms with E-state index in [-0.39, 0.29) is 4.90 Å². The lowest BCUT2D eigenvalue weighted by molar-refractivity contribution is -0.0499. The first-order valence-electron chi connectivity index (χ1n) is 7.13. The number of sulfonamides is 1. The molecule has 0 bridgehead atoms. The minimum absolute atomic E-state index is 0.158. The Hall–Kier alpha value is -1.79. The summed E-state index contributed by atoms with van der Waals surface area (Å²) in [5, 5.41) is 0. The molecule has 0 aliphatic rings. The largest absolute Gasteiger partial charge is 0.534 e. The second-order valence-electron chi connectivity index (χ2n) is 5.50. The van der Waals surface area contributed by atoms with E-state index in [9.17, 15) is 30.0 Å². The zero-order chi connectivity index (χ0) is 20.6. The number of anilines is 1. The van der Waals surface area contributed by atoms with E-state index in [0.717, 1.165) is 17.7 Å². The van der Waals surface area contributed by atoms with Crippen molar-refractivity contribution in [2.75, 3.05) is 4.72 Å². The van der Waals surface area contributed by atoms with Crippen molar-refractivity contribution in [3.8, 4) is 5.75 Å². The van der Waals surface area contributed by atoms with Gasteiger partial charge in [-0.3, -0.25) is 4.72 Å². The Morgan fingerprint density at radius 1 is 1.00 bits per heavy atom. The molecular formula is C15H13BrF3NO5S2. The van der Waals surface area contributed by atoms with Gasteiger partial charge in [0.05, 0.1) is 10.6 Å². The van der Waals surface area contributed by atoms with Gasteiger partial charge in [-0.25, -0.2) is 8.42 Å². The molecule has 0 aliphatic carbocycles. The highest BCUT2D eigenvalue weighted by atomic mass is 79.9. The molecular weight excluding hydrogens is 475 g/mol. The summed E-state index contributed by atoms with van der Waals surface area (Å²) >= 11 is 3.11. The number of hydrogen-bond donors (Lipinski definition) is 1. The summed E-state index contributed by atoms with van der Waals surface area (Å²) in [7, 11) is -10.2. The second-order valence-corrected chi connectivity index (χ2v) is 9.57. The molecule has 0 fully saturated rings. The summed E-state index contributed by atoms with van der Waals surface area (Å²) in [6, 6.07) is 7.75. The van der Waals surface area contributed by atoms with E-state index < -0.39 is 37.1 Å². The summed E-state index contributed by atoms with van der Waals surface area (Å²) in [4.78, 5) is -0.158. The lowest BCUT2D eigenvalue weighted by Gasteiger charge is -2.16. The third-order valence-electron chi connectivity index (χ3n) is 3.32. The Bertz CT molecular complexity index is 1070. The van der Waals surface area contributed by atoms with E-state index in [4.69, 9.17) is 0 Å². The molecule has 1 N–H and O–H groups in total. The maximum Gasteiger partial charge on any atom is 0.534 e. The van der Waals surface area contributed by atoms with Crippen LogP contribution in [0.4, 0.5) is 18.9 Å². The van der Waals surface area contributed by atoms with Crippen LogP contribution in [-0.2, 0) is 20.1 Å². The van der Waals surface area contributed by atoms with Crippen LogP contribution in [0.25, 0.3) is 0 Å². The number of benzene rings is 2. The highest BCUT2D eigenvalue weighted by molar-refractivity contribution is 9.10. The minimum atomic E-state index is -5.98. The van der Waals surface area contributed by atoms with Crippen molar-refractivity contribution in [1.82, 2.24) is 0 Å². The van der Waals surface area contributed by atoms with Crippen LogP contribution in [0, 0.1) is 13.8 Å². The van der Waals surface area contributed by atoms with Gasteiger partial charge in [0.2, 0.25) is 0 Å². The Morgan fingerprint density at radius 2 is 1.56 bits per heavy atom. The van der Waals surface area contributed by atoms with Gasteiger partial charge >= 0.3 is 15.6 Å². The zero-order valence-corrected chi connectivity index (χ0v) is 17.1. The third-order valence-corrected chi connectivity index (χ3v) is 6.52. The van der Waals surface area contributed by atoms with Crippen LogP contribution in [0.5, 0.6) is 5.75 Å². The molecule has 0 unspecified atom stereocenters. The molecule has 2 rings (SSSR count). The molecule has 0 aromatic heterocycles. The SMILES string of the molecule is Cc1ccc(S(=O)(=O)Nc2cc(Br)c(C)cc2OS(=O)(=O)C(F)(F)F)cc1. The molecule has 2 aromatic carbocycles. The van der Waals surface area contributed by atoms with Gasteiger partial charge < -0.3 is 4.18 Å². The van der Waals surface area contributed by atoms with Crippen molar-refractivity contribution in [3.05, 3.63) is 52.0 Å². The number of alkyl halides is 3. The Morgan fingerprint density at radius 3 is 2.07 bits per heavy atom. The standard InChI is InChI=1S/C15H13BrF3NO5S2/c1-9-3-5-11(6-4-9)26(21,22)20-13-8-12(16)10(2)7-14(13)25-27(23,24)15(17,18)19/h3-8,20H,1-2H3. The van der Waals surface area contributed by atoms with Crippen LogP contribution in [0.15, 0.2) is 45.8 Å². The fraction of sp³-hybridized carbons (Fsp3) is 0.200. The molecule has 2 aromatic rings. The highest BCUT2D eigenvalue weighted by Crippen LogP contribution is 2.36. The van der Waals surface area contributed by atoms with E-state index in [0.29, 0.717) is 10.0 Å². The van der Waals surface area contributed by atoms with Crippen LogP contribution in [0.2, 0.25) is 0 Å². The van der Waals surface area contributed by atoms with E-state index >= 15 is 0 Å². The van der Waals surface area contributed by atoms with Crippen molar-refractivity contribution in [3.63, 3.8) is 0 Å². The molecule has 0 heterocycles. The number of aryl methyl sites for hydroxylation is 2. The first kappa shape index (κ1) is 21.5. The lowest BCUT2D eigenvalue weighted by Crippen LogP contribution is -2.28. The third kappa shape index (κ3) is 4.93. The van der Waals surface area contributed by atoms with Gasteiger partial charge in [0.15, 0.2) is 5.75 Å².